The molecule has 2 N–H and O–H groups in total. The Balaban J connectivity index is 2.39. The highest BCUT2D eigenvalue weighted by Crippen LogP contribution is 2.39. The van der Waals surface area contributed by atoms with Crippen LogP contribution in [0.4, 0.5) is 0 Å². The van der Waals surface area contributed by atoms with Crippen LogP contribution in [0.2, 0.25) is 0 Å². The fourth-order valence-electron chi connectivity index (χ4n) is 3.85. The van der Waals surface area contributed by atoms with Gasteiger partial charge in [0, 0.05) is 11.3 Å². The van der Waals surface area contributed by atoms with Crippen molar-refractivity contribution in [2.45, 2.75) is 64.4 Å². The lowest BCUT2D eigenvalue weighted by molar-refractivity contribution is 0.214. The SMILES string of the molecule is C=CC(C=C/C=C(\C)O)C(C)(C)c1cccc(C(C)(C)C2=CCCC(O)C=C2)c1. The largest absolute Gasteiger partial charge is 0.513 e. The fourth-order valence-corrected chi connectivity index (χ4v) is 3.85. The maximum atomic E-state index is 9.93. The number of allylic oxidation sites excluding steroid dienone is 8. The number of benzene rings is 1. The van der Waals surface area contributed by atoms with Crippen molar-refractivity contribution in [3.8, 4) is 0 Å². The number of aliphatic hydroxyl groups is 2. The molecule has 0 bridgehead atoms. The second-order valence-electron chi connectivity index (χ2n) is 9.05. The van der Waals surface area contributed by atoms with Crippen LogP contribution < -0.4 is 0 Å². The molecule has 0 saturated heterocycles. The first kappa shape index (κ1) is 23.0. The summed E-state index contributed by atoms with van der Waals surface area (Å²) < 4.78 is 0. The molecule has 0 heterocycles. The first-order chi connectivity index (χ1) is 13.6. The van der Waals surface area contributed by atoms with Crippen LogP contribution in [0, 0.1) is 5.92 Å². The minimum Gasteiger partial charge on any atom is -0.513 e. The highest BCUT2D eigenvalue weighted by molar-refractivity contribution is 5.44. The maximum absolute atomic E-state index is 9.93. The zero-order chi connectivity index (χ0) is 21.7. The van der Waals surface area contributed by atoms with Gasteiger partial charge in [0.25, 0.3) is 0 Å². The van der Waals surface area contributed by atoms with Gasteiger partial charge in [-0.25, -0.2) is 0 Å². The van der Waals surface area contributed by atoms with E-state index in [0.29, 0.717) is 5.76 Å². The van der Waals surface area contributed by atoms with Crippen molar-refractivity contribution in [3.05, 3.63) is 95.8 Å². The molecule has 29 heavy (non-hydrogen) atoms. The van der Waals surface area contributed by atoms with E-state index in [2.05, 4.69) is 76.8 Å². The van der Waals surface area contributed by atoms with E-state index < -0.39 is 0 Å². The molecule has 2 nitrogen and oxygen atoms in total. The van der Waals surface area contributed by atoms with Gasteiger partial charge in [-0.1, -0.05) is 88.4 Å². The molecule has 0 spiro atoms. The van der Waals surface area contributed by atoms with Crippen molar-refractivity contribution in [1.82, 2.24) is 0 Å². The van der Waals surface area contributed by atoms with Gasteiger partial charge in [-0.05, 0) is 48.0 Å². The molecule has 1 aliphatic carbocycles. The van der Waals surface area contributed by atoms with Crippen LogP contribution >= 0.6 is 0 Å². The van der Waals surface area contributed by atoms with Gasteiger partial charge in [0.2, 0.25) is 0 Å². The molecule has 0 radical (unpaired) electrons. The molecule has 0 saturated carbocycles. The molecule has 0 aromatic heterocycles. The van der Waals surface area contributed by atoms with Crippen molar-refractivity contribution >= 4 is 0 Å². The second kappa shape index (κ2) is 9.45. The zero-order valence-electron chi connectivity index (χ0n) is 18.5. The average molecular weight is 393 g/mol. The molecule has 1 aromatic carbocycles. The van der Waals surface area contributed by atoms with Gasteiger partial charge in [0.15, 0.2) is 0 Å². The maximum Gasteiger partial charge on any atom is 0.0891 e. The van der Waals surface area contributed by atoms with Crippen LogP contribution in [-0.2, 0) is 10.8 Å². The summed E-state index contributed by atoms with van der Waals surface area (Å²) in [4.78, 5) is 0. The predicted molar refractivity (Wildman–Crippen MR) is 124 cm³/mol. The molecule has 1 aromatic rings. The number of rotatable bonds is 7. The minimum absolute atomic E-state index is 0.128. The van der Waals surface area contributed by atoms with E-state index in [0.717, 1.165) is 12.8 Å². The quantitative estimate of drug-likeness (QED) is 0.308. The lowest BCUT2D eigenvalue weighted by Crippen LogP contribution is -2.27. The molecule has 2 rings (SSSR count). The van der Waals surface area contributed by atoms with Crippen LogP contribution in [0.3, 0.4) is 0 Å². The van der Waals surface area contributed by atoms with Crippen molar-refractivity contribution in [2.24, 2.45) is 5.92 Å². The van der Waals surface area contributed by atoms with E-state index in [1.165, 1.54) is 16.7 Å². The van der Waals surface area contributed by atoms with Gasteiger partial charge in [-0.2, -0.15) is 0 Å². The van der Waals surface area contributed by atoms with E-state index in [9.17, 15) is 10.2 Å². The van der Waals surface area contributed by atoms with Crippen molar-refractivity contribution in [2.75, 3.05) is 0 Å². The Morgan fingerprint density at radius 2 is 1.90 bits per heavy atom. The molecule has 156 valence electrons. The molecule has 0 fully saturated rings. The Hall–Kier alpha value is -2.32. The Morgan fingerprint density at radius 1 is 1.21 bits per heavy atom. The standard InChI is InChI=1S/C27H36O2/c1-7-21(12-8-11-20(2)28)26(3,4)23-14-9-15-24(19-23)27(5,6)22-13-10-16-25(29)18-17-22/h7-9,11-15,17-19,21,25,28-29H,1,10,16H2,2-6H3/b12-8?,20-11+. The lowest BCUT2D eigenvalue weighted by Gasteiger charge is -2.34. The summed E-state index contributed by atoms with van der Waals surface area (Å²) in [6.45, 7) is 14.6. The van der Waals surface area contributed by atoms with Gasteiger partial charge in [-0.3, -0.25) is 0 Å². The molecular formula is C27H36O2. The molecule has 0 aliphatic heterocycles. The van der Waals surface area contributed by atoms with E-state index in [1.54, 1.807) is 13.0 Å². The van der Waals surface area contributed by atoms with E-state index in [-0.39, 0.29) is 22.9 Å². The van der Waals surface area contributed by atoms with Crippen molar-refractivity contribution in [1.29, 1.82) is 0 Å². The Labute approximate surface area is 176 Å². The van der Waals surface area contributed by atoms with E-state index in [1.807, 2.05) is 18.2 Å². The summed E-state index contributed by atoms with van der Waals surface area (Å²) in [5.74, 6) is 0.420. The molecule has 1 aliphatic rings. The first-order valence-electron chi connectivity index (χ1n) is 10.4. The third kappa shape index (κ3) is 5.61. The highest BCUT2D eigenvalue weighted by atomic mass is 16.3. The van der Waals surface area contributed by atoms with Crippen LogP contribution in [-0.4, -0.2) is 16.3 Å². The second-order valence-corrected chi connectivity index (χ2v) is 9.05. The third-order valence-corrected chi connectivity index (χ3v) is 6.12. The van der Waals surface area contributed by atoms with E-state index >= 15 is 0 Å². The molecule has 2 atom stereocenters. The van der Waals surface area contributed by atoms with Gasteiger partial charge >= 0.3 is 0 Å². The Morgan fingerprint density at radius 3 is 2.55 bits per heavy atom. The van der Waals surface area contributed by atoms with Crippen molar-refractivity contribution in [3.63, 3.8) is 0 Å². The molecule has 0 amide bonds. The summed E-state index contributed by atoms with van der Waals surface area (Å²) in [6, 6.07) is 8.80. The smallest absolute Gasteiger partial charge is 0.0891 e. The molecule has 2 unspecified atom stereocenters. The van der Waals surface area contributed by atoms with E-state index in [4.69, 9.17) is 0 Å². The van der Waals surface area contributed by atoms with Crippen molar-refractivity contribution < 1.29 is 10.2 Å². The Bertz CT molecular complexity index is 830. The molecule has 2 heteroatoms. The summed E-state index contributed by atoms with van der Waals surface area (Å²) in [5.41, 5.74) is 3.45. The first-order valence-corrected chi connectivity index (χ1v) is 10.4. The number of aliphatic hydroxyl groups excluding tert-OH is 2. The summed E-state index contributed by atoms with van der Waals surface area (Å²) in [7, 11) is 0. The van der Waals surface area contributed by atoms with Crippen LogP contribution in [0.25, 0.3) is 0 Å². The monoisotopic (exact) mass is 392 g/mol. The van der Waals surface area contributed by atoms with Gasteiger partial charge in [0.1, 0.15) is 0 Å². The highest BCUT2D eigenvalue weighted by Gasteiger charge is 2.30. The predicted octanol–water partition coefficient (Wildman–Crippen LogP) is 6.70. The third-order valence-electron chi connectivity index (χ3n) is 6.12. The van der Waals surface area contributed by atoms with Crippen LogP contribution in [0.1, 0.15) is 58.6 Å². The lowest BCUT2D eigenvalue weighted by atomic mass is 9.70. The average Bonchev–Trinajstić information content (AvgIpc) is 2.90. The zero-order valence-corrected chi connectivity index (χ0v) is 18.5. The van der Waals surface area contributed by atoms with Gasteiger partial charge in [-0.15, -0.1) is 6.58 Å². The normalized spacial score (nSPS) is 19.7. The summed E-state index contributed by atoms with van der Waals surface area (Å²) >= 11 is 0. The molecular weight excluding hydrogens is 356 g/mol. The van der Waals surface area contributed by atoms with Gasteiger partial charge in [0.05, 0.1) is 11.9 Å². The number of hydrogen-bond acceptors (Lipinski definition) is 2. The van der Waals surface area contributed by atoms with Crippen LogP contribution in [0.15, 0.2) is 84.7 Å². The number of hydrogen-bond donors (Lipinski definition) is 2. The minimum atomic E-state index is -0.360. The topological polar surface area (TPSA) is 40.5 Å². The summed E-state index contributed by atoms with van der Waals surface area (Å²) in [5, 5.41) is 19.3. The van der Waals surface area contributed by atoms with Crippen LogP contribution in [0.5, 0.6) is 0 Å². The summed E-state index contributed by atoms with van der Waals surface area (Å²) in [6.07, 6.45) is 15.2. The Kier molecular flexibility index (Phi) is 7.48. The van der Waals surface area contributed by atoms with Gasteiger partial charge < -0.3 is 10.2 Å². The fraction of sp³-hybridized carbons (Fsp3) is 0.407.